The van der Waals surface area contributed by atoms with Crippen molar-refractivity contribution in [1.82, 2.24) is 20.1 Å². The molecule has 5 N–H and O–H groups in total. The summed E-state index contributed by atoms with van der Waals surface area (Å²) in [7, 11) is 0. The van der Waals surface area contributed by atoms with Crippen molar-refractivity contribution in [3.63, 3.8) is 0 Å². The minimum absolute atomic E-state index is 0.0498. The highest BCUT2D eigenvalue weighted by atomic mass is 16.2. The highest BCUT2D eigenvalue weighted by Crippen LogP contribution is 2.30. The van der Waals surface area contributed by atoms with Gasteiger partial charge in [0.2, 0.25) is 0 Å². The average Bonchev–Trinajstić information content (AvgIpc) is 3.12. The molecule has 1 aliphatic rings. The van der Waals surface area contributed by atoms with E-state index in [4.69, 9.17) is 5.73 Å². The second kappa shape index (κ2) is 8.17. The number of nitrogens with zero attached hydrogens (tertiary/aromatic N) is 2. The third kappa shape index (κ3) is 3.62. The first-order valence-corrected chi connectivity index (χ1v) is 10.3. The van der Waals surface area contributed by atoms with Crippen LogP contribution in [0, 0.1) is 0 Å². The van der Waals surface area contributed by atoms with E-state index in [9.17, 15) is 19.2 Å². The first-order chi connectivity index (χ1) is 16.4. The summed E-state index contributed by atoms with van der Waals surface area (Å²) in [6.45, 7) is 0.461. The number of aromatic amines is 1. The molecule has 0 atom stereocenters. The Morgan fingerprint density at radius 2 is 1.71 bits per heavy atom. The van der Waals surface area contributed by atoms with E-state index in [0.717, 1.165) is 11.6 Å². The van der Waals surface area contributed by atoms with Crippen LogP contribution in [0.4, 0.5) is 11.5 Å². The third-order valence-corrected chi connectivity index (χ3v) is 5.49. The van der Waals surface area contributed by atoms with Crippen LogP contribution >= 0.6 is 0 Å². The monoisotopic (exact) mass is 454 g/mol. The number of nitrogens with two attached hydrogens (primary N) is 1. The maximum Gasteiger partial charge on any atom is 0.264 e. The Bertz CT molecular complexity index is 1550. The molecular formula is C24H18N6O4. The lowest BCUT2D eigenvalue weighted by Crippen LogP contribution is -2.25. The number of nitrogens with one attached hydrogen (secondary N) is 3. The molecule has 0 aliphatic carbocycles. The number of hydrogen-bond acceptors (Lipinski definition) is 7. The van der Waals surface area contributed by atoms with Crippen molar-refractivity contribution in [3.05, 3.63) is 104 Å². The van der Waals surface area contributed by atoms with Crippen molar-refractivity contribution in [2.45, 2.75) is 6.54 Å². The lowest BCUT2D eigenvalue weighted by Gasteiger charge is -2.18. The SMILES string of the molecule is Nc1c2c(cc(=O)n1-c1cc(-c3ccc(=O)[nH]n3)ccc1NCc1ccccc1)C(=O)NC2=O. The van der Waals surface area contributed by atoms with E-state index >= 15 is 0 Å². The minimum atomic E-state index is -0.663. The van der Waals surface area contributed by atoms with Crippen molar-refractivity contribution < 1.29 is 9.59 Å². The summed E-state index contributed by atoms with van der Waals surface area (Å²) in [6.07, 6.45) is 0. The lowest BCUT2D eigenvalue weighted by molar-refractivity contribution is 0.0880. The highest BCUT2D eigenvalue weighted by molar-refractivity contribution is 6.23. The molecule has 5 rings (SSSR count). The predicted octanol–water partition coefficient (Wildman–Crippen LogP) is 1.67. The van der Waals surface area contributed by atoms with Gasteiger partial charge in [0.25, 0.3) is 22.9 Å². The number of carbonyl (C=O) groups excluding carboxylic acids is 2. The normalized spacial score (nSPS) is 12.4. The Labute approximate surface area is 192 Å². The molecule has 168 valence electrons. The van der Waals surface area contributed by atoms with Gasteiger partial charge in [0.1, 0.15) is 5.82 Å². The summed E-state index contributed by atoms with van der Waals surface area (Å²) in [5.74, 6) is -1.48. The molecule has 34 heavy (non-hydrogen) atoms. The molecule has 3 heterocycles. The molecule has 1 aliphatic heterocycles. The molecule has 0 saturated heterocycles. The Morgan fingerprint density at radius 1 is 0.912 bits per heavy atom. The molecule has 0 saturated carbocycles. The van der Waals surface area contributed by atoms with E-state index in [1.807, 2.05) is 30.3 Å². The largest absolute Gasteiger partial charge is 0.384 e. The van der Waals surface area contributed by atoms with Gasteiger partial charge < -0.3 is 11.1 Å². The van der Waals surface area contributed by atoms with Gasteiger partial charge >= 0.3 is 0 Å². The van der Waals surface area contributed by atoms with E-state index in [2.05, 4.69) is 20.8 Å². The van der Waals surface area contributed by atoms with Crippen molar-refractivity contribution in [2.24, 2.45) is 0 Å². The van der Waals surface area contributed by atoms with E-state index in [1.54, 1.807) is 24.3 Å². The van der Waals surface area contributed by atoms with Gasteiger partial charge in [-0.15, -0.1) is 0 Å². The van der Waals surface area contributed by atoms with Crippen molar-refractivity contribution in [2.75, 3.05) is 11.1 Å². The number of hydrogen-bond donors (Lipinski definition) is 4. The summed E-state index contributed by atoms with van der Waals surface area (Å²) in [5.41, 5.74) is 8.25. The number of rotatable bonds is 5. The number of benzene rings is 2. The second-order valence-electron chi connectivity index (χ2n) is 7.65. The fraction of sp³-hybridized carbons (Fsp3) is 0.0417. The Balaban J connectivity index is 1.68. The Morgan fingerprint density at radius 3 is 2.44 bits per heavy atom. The molecule has 2 aromatic heterocycles. The molecule has 0 bridgehead atoms. The minimum Gasteiger partial charge on any atom is -0.384 e. The summed E-state index contributed by atoms with van der Waals surface area (Å²) < 4.78 is 1.18. The van der Waals surface area contributed by atoms with Crippen LogP contribution in [0.2, 0.25) is 0 Å². The van der Waals surface area contributed by atoms with Crippen LogP contribution < -0.4 is 27.5 Å². The molecule has 10 nitrogen and oxygen atoms in total. The molecule has 2 aromatic carbocycles. The topological polar surface area (TPSA) is 152 Å². The number of aromatic nitrogens is 3. The second-order valence-corrected chi connectivity index (χ2v) is 7.65. The van der Waals surface area contributed by atoms with Crippen molar-refractivity contribution in [1.29, 1.82) is 0 Å². The predicted molar refractivity (Wildman–Crippen MR) is 126 cm³/mol. The van der Waals surface area contributed by atoms with Gasteiger partial charge in [0, 0.05) is 24.2 Å². The first-order valence-electron chi connectivity index (χ1n) is 10.3. The molecular weight excluding hydrogens is 436 g/mol. The molecule has 2 amide bonds. The van der Waals surface area contributed by atoms with Crippen LogP contribution in [0.15, 0.2) is 76.3 Å². The zero-order valence-electron chi connectivity index (χ0n) is 17.7. The summed E-state index contributed by atoms with van der Waals surface area (Å²) in [6, 6.07) is 18.9. The van der Waals surface area contributed by atoms with Gasteiger partial charge in [-0.2, -0.15) is 5.10 Å². The maximum atomic E-state index is 13.1. The van der Waals surface area contributed by atoms with Gasteiger partial charge in [0.05, 0.1) is 28.2 Å². The van der Waals surface area contributed by atoms with Gasteiger partial charge in [-0.05, 0) is 23.8 Å². The number of amides is 2. The quantitative estimate of drug-likeness (QED) is 0.335. The Hall–Kier alpha value is -4.99. The van der Waals surface area contributed by atoms with Crippen LogP contribution in [0.5, 0.6) is 0 Å². The molecule has 4 aromatic rings. The smallest absolute Gasteiger partial charge is 0.264 e. The summed E-state index contributed by atoms with van der Waals surface area (Å²) >= 11 is 0. The van der Waals surface area contributed by atoms with Crippen molar-refractivity contribution in [3.8, 4) is 16.9 Å². The van der Waals surface area contributed by atoms with E-state index < -0.39 is 17.4 Å². The van der Waals surface area contributed by atoms with Crippen LogP contribution in [-0.4, -0.2) is 26.6 Å². The molecule has 0 spiro atoms. The Kier molecular flexibility index (Phi) is 5.02. The van der Waals surface area contributed by atoms with Crippen LogP contribution in [-0.2, 0) is 6.54 Å². The molecule has 10 heteroatoms. The first kappa shape index (κ1) is 20.9. The standard InChI is InChI=1S/C24H18N6O4/c25-22-21-15(23(33)27-24(21)34)11-20(32)30(22)18-10-14(16-8-9-19(31)29-28-16)6-7-17(18)26-12-13-4-2-1-3-5-13/h1-11,26H,12,25H2,(H,29,31)(H,27,33,34). The number of fused-ring (bicyclic) bond motifs is 1. The van der Waals surface area contributed by atoms with E-state index in [0.29, 0.717) is 29.2 Å². The molecule has 0 fully saturated rings. The third-order valence-electron chi connectivity index (χ3n) is 5.49. The fourth-order valence-electron chi connectivity index (χ4n) is 3.85. The zero-order chi connectivity index (χ0) is 23.8. The zero-order valence-corrected chi connectivity index (χ0v) is 17.7. The van der Waals surface area contributed by atoms with Gasteiger partial charge in [0.15, 0.2) is 0 Å². The van der Waals surface area contributed by atoms with Crippen LogP contribution in [0.1, 0.15) is 26.3 Å². The number of nitrogen functional groups attached to an aromatic ring is 1. The highest BCUT2D eigenvalue weighted by Gasteiger charge is 2.32. The van der Waals surface area contributed by atoms with Gasteiger partial charge in [-0.3, -0.25) is 29.1 Å². The summed E-state index contributed by atoms with van der Waals surface area (Å²) in [4.78, 5) is 48.8. The van der Waals surface area contributed by atoms with Crippen LogP contribution in [0.3, 0.4) is 0 Å². The fourth-order valence-corrected chi connectivity index (χ4v) is 3.85. The van der Waals surface area contributed by atoms with E-state index in [1.165, 1.54) is 10.6 Å². The molecule has 0 unspecified atom stereocenters. The van der Waals surface area contributed by atoms with Crippen molar-refractivity contribution >= 4 is 23.3 Å². The number of anilines is 2. The number of H-pyrrole nitrogens is 1. The summed E-state index contributed by atoms with van der Waals surface area (Å²) in [5, 5.41) is 11.9. The number of carbonyl (C=O) groups is 2. The maximum absolute atomic E-state index is 13.1. The van der Waals surface area contributed by atoms with E-state index in [-0.39, 0.29) is 22.5 Å². The average molecular weight is 454 g/mol. The number of pyridine rings is 1. The van der Waals surface area contributed by atoms with Gasteiger partial charge in [-0.1, -0.05) is 36.4 Å². The van der Waals surface area contributed by atoms with Crippen LogP contribution in [0.25, 0.3) is 16.9 Å². The lowest BCUT2D eigenvalue weighted by atomic mass is 10.1. The van der Waals surface area contributed by atoms with Gasteiger partial charge in [-0.25, -0.2) is 5.10 Å². The number of imide groups is 1. The molecule has 0 radical (unpaired) electrons.